The Morgan fingerprint density at radius 3 is 2.38 bits per heavy atom. The highest BCUT2D eigenvalue weighted by Gasteiger charge is 2.51. The van der Waals surface area contributed by atoms with Crippen molar-refractivity contribution < 1.29 is 33.4 Å². The molecular weight excluding hydrogens is 658 g/mol. The number of aromatic nitrogens is 1. The average Bonchev–Trinajstić information content (AvgIpc) is 3.45. The topological polar surface area (TPSA) is 144 Å². The molecule has 0 saturated carbocycles. The van der Waals surface area contributed by atoms with Crippen LogP contribution in [0.3, 0.4) is 0 Å². The van der Waals surface area contributed by atoms with E-state index < -0.39 is 40.6 Å². The molecule has 10 nitrogen and oxygen atoms in total. The maximum Gasteiger partial charge on any atom is 0.308 e. The Bertz CT molecular complexity index is 2110. The average molecular weight is 704 g/mol. The number of fused-ring (bicyclic) bond motifs is 1. The standard InChI is InChI=1S/C42H45N3O7/c1-9-41(7,8)38-32(30-12-10-11-13-34(30)43-38)21-35-39(49)45-42(40(50)44-35)22-25(4)15-17-29(42)18-19-31-33(23-46)37(52-27(6)48)28(16-14-24(2)3)20-36(31)51-26(5)47/h9-15,17-21,23,25,29,43H,1,16,22H2,2-8H3,(H,44,50)(H,45,49)/b19-18+,35-21-/t25-,29-,42-/m0/s1. The summed E-state index contributed by atoms with van der Waals surface area (Å²) in [6, 6.07) is 9.32. The van der Waals surface area contributed by atoms with Crippen LogP contribution in [-0.4, -0.2) is 40.6 Å². The number of carbonyl (C=O) groups excluding carboxylic acids is 5. The van der Waals surface area contributed by atoms with Crippen molar-refractivity contribution in [1.82, 2.24) is 15.6 Å². The maximum absolute atomic E-state index is 14.3. The van der Waals surface area contributed by atoms with Gasteiger partial charge >= 0.3 is 11.9 Å². The number of hydrogen-bond donors (Lipinski definition) is 3. The molecule has 1 aliphatic carbocycles. The Morgan fingerprint density at radius 2 is 1.73 bits per heavy atom. The minimum atomic E-state index is -1.38. The molecule has 10 heteroatoms. The smallest absolute Gasteiger partial charge is 0.308 e. The van der Waals surface area contributed by atoms with Crippen LogP contribution in [0.2, 0.25) is 0 Å². The molecule has 0 unspecified atom stereocenters. The van der Waals surface area contributed by atoms with Gasteiger partial charge in [0.2, 0.25) is 0 Å². The van der Waals surface area contributed by atoms with Gasteiger partial charge in [0.1, 0.15) is 22.7 Å². The lowest BCUT2D eigenvalue weighted by Crippen LogP contribution is -2.68. The third-order valence-corrected chi connectivity index (χ3v) is 9.50. The van der Waals surface area contributed by atoms with Crippen LogP contribution < -0.4 is 20.1 Å². The van der Waals surface area contributed by atoms with Crippen molar-refractivity contribution in [3.05, 3.63) is 107 Å². The second-order valence-electron chi connectivity index (χ2n) is 14.3. The van der Waals surface area contributed by atoms with Crippen molar-refractivity contribution in [2.24, 2.45) is 11.8 Å². The molecule has 1 saturated heterocycles. The zero-order chi connectivity index (χ0) is 38.0. The monoisotopic (exact) mass is 703 g/mol. The van der Waals surface area contributed by atoms with Crippen molar-refractivity contribution in [3.8, 4) is 11.5 Å². The maximum atomic E-state index is 14.3. The predicted octanol–water partition coefficient (Wildman–Crippen LogP) is 7.05. The third kappa shape index (κ3) is 7.46. The Balaban J connectivity index is 1.59. The Morgan fingerprint density at radius 1 is 1.02 bits per heavy atom. The number of piperazine rings is 1. The van der Waals surface area contributed by atoms with Gasteiger partial charge in [-0.05, 0) is 50.8 Å². The number of carbonyl (C=O) groups is 5. The lowest BCUT2D eigenvalue weighted by Gasteiger charge is -2.44. The van der Waals surface area contributed by atoms with Crippen molar-refractivity contribution in [3.63, 3.8) is 0 Å². The number of nitrogens with one attached hydrogen (secondary N) is 3. The number of amides is 2. The minimum absolute atomic E-state index is 0.00361. The molecule has 52 heavy (non-hydrogen) atoms. The summed E-state index contributed by atoms with van der Waals surface area (Å²) in [6.07, 6.45) is 13.6. The molecule has 3 aromatic rings. The number of esters is 2. The molecule has 3 atom stereocenters. The van der Waals surface area contributed by atoms with Gasteiger partial charge in [0.05, 0.1) is 5.56 Å². The Hall–Kier alpha value is -5.77. The molecule has 1 fully saturated rings. The van der Waals surface area contributed by atoms with Gasteiger partial charge in [-0.3, -0.25) is 24.0 Å². The summed E-state index contributed by atoms with van der Waals surface area (Å²) in [4.78, 5) is 68.7. The number of allylic oxidation sites excluding steroid dienone is 4. The first kappa shape index (κ1) is 37.5. The fraction of sp³-hybridized carbons (Fsp3) is 0.310. The number of hydrogen-bond acceptors (Lipinski definition) is 7. The highest BCUT2D eigenvalue weighted by Crippen LogP contribution is 2.40. The van der Waals surface area contributed by atoms with Gasteiger partial charge in [0.25, 0.3) is 11.8 Å². The molecule has 270 valence electrons. The second-order valence-corrected chi connectivity index (χ2v) is 14.3. The molecule has 1 aromatic heterocycles. The number of rotatable bonds is 10. The molecule has 0 bridgehead atoms. The van der Waals surface area contributed by atoms with Crippen LogP contribution in [0.4, 0.5) is 0 Å². The van der Waals surface area contributed by atoms with E-state index in [9.17, 15) is 24.0 Å². The number of aldehydes is 1. The largest absolute Gasteiger partial charge is 0.426 e. The van der Waals surface area contributed by atoms with Crippen LogP contribution >= 0.6 is 0 Å². The van der Waals surface area contributed by atoms with Gasteiger partial charge in [0, 0.05) is 58.5 Å². The highest BCUT2D eigenvalue weighted by atomic mass is 16.5. The van der Waals surface area contributed by atoms with E-state index in [0.717, 1.165) is 27.7 Å². The summed E-state index contributed by atoms with van der Waals surface area (Å²) in [5.74, 6) is -2.70. The zero-order valence-corrected chi connectivity index (χ0v) is 30.6. The van der Waals surface area contributed by atoms with Crippen LogP contribution in [0.25, 0.3) is 23.1 Å². The van der Waals surface area contributed by atoms with E-state index in [4.69, 9.17) is 9.47 Å². The number of ether oxygens (including phenoxy) is 2. The SMILES string of the molecule is C=CC(C)(C)c1[nH]c2ccccc2c1/C=C1\NC(=O)[C@@]2(C[C@@H](C)C=C[C@H]2/C=C/c2c(OC(C)=O)cc(CC=C(C)C)c(OC(C)=O)c2C=O)NC1=O. The van der Waals surface area contributed by atoms with Crippen molar-refractivity contribution >= 4 is 53.1 Å². The number of para-hydroxylation sites is 1. The van der Waals surface area contributed by atoms with E-state index in [-0.39, 0.29) is 34.2 Å². The Labute approximate surface area is 303 Å². The van der Waals surface area contributed by atoms with Crippen LogP contribution in [0.15, 0.2) is 78.6 Å². The highest BCUT2D eigenvalue weighted by molar-refractivity contribution is 6.11. The van der Waals surface area contributed by atoms with Crippen LogP contribution in [0.5, 0.6) is 11.5 Å². The zero-order valence-electron chi connectivity index (χ0n) is 30.6. The van der Waals surface area contributed by atoms with Crippen LogP contribution in [0.1, 0.15) is 87.6 Å². The molecule has 0 radical (unpaired) electrons. The van der Waals surface area contributed by atoms with E-state index >= 15 is 0 Å². The Kier molecular flexibility index (Phi) is 10.7. The first-order chi connectivity index (χ1) is 24.6. The van der Waals surface area contributed by atoms with Gasteiger partial charge in [-0.25, -0.2) is 0 Å². The summed E-state index contributed by atoms with van der Waals surface area (Å²) >= 11 is 0. The summed E-state index contributed by atoms with van der Waals surface area (Å²) in [5, 5.41) is 6.85. The molecule has 2 aliphatic rings. The first-order valence-electron chi connectivity index (χ1n) is 17.2. The number of H-pyrrole nitrogens is 1. The lowest BCUT2D eigenvalue weighted by molar-refractivity contribution is -0.138. The molecule has 3 N–H and O–H groups in total. The second kappa shape index (κ2) is 14.8. The van der Waals surface area contributed by atoms with E-state index in [1.54, 1.807) is 24.3 Å². The van der Waals surface area contributed by atoms with Crippen molar-refractivity contribution in [1.29, 1.82) is 0 Å². The number of aromatic amines is 1. The molecule has 2 heterocycles. The van der Waals surface area contributed by atoms with Crippen molar-refractivity contribution in [2.45, 2.75) is 72.3 Å². The molecule has 2 aromatic carbocycles. The van der Waals surface area contributed by atoms with Crippen LogP contribution in [0, 0.1) is 11.8 Å². The van der Waals surface area contributed by atoms with Gasteiger partial charge in [-0.1, -0.05) is 81.0 Å². The van der Waals surface area contributed by atoms with Gasteiger partial charge < -0.3 is 25.1 Å². The number of benzene rings is 2. The summed E-state index contributed by atoms with van der Waals surface area (Å²) in [7, 11) is 0. The minimum Gasteiger partial charge on any atom is -0.426 e. The summed E-state index contributed by atoms with van der Waals surface area (Å²) < 4.78 is 11.1. The van der Waals surface area contributed by atoms with Gasteiger partial charge in [-0.15, -0.1) is 6.58 Å². The summed E-state index contributed by atoms with van der Waals surface area (Å²) in [5.41, 5.74) is 2.42. The molecule has 1 aliphatic heterocycles. The van der Waals surface area contributed by atoms with E-state index in [2.05, 4.69) is 22.2 Å². The molecule has 5 rings (SSSR count). The fourth-order valence-electron chi connectivity index (χ4n) is 6.77. The first-order valence-corrected chi connectivity index (χ1v) is 17.2. The van der Waals surface area contributed by atoms with Crippen molar-refractivity contribution in [2.75, 3.05) is 0 Å². The predicted molar refractivity (Wildman–Crippen MR) is 202 cm³/mol. The third-order valence-electron chi connectivity index (χ3n) is 9.50. The van der Waals surface area contributed by atoms with Crippen LogP contribution in [-0.2, 0) is 31.0 Å². The lowest BCUT2D eigenvalue weighted by atomic mass is 9.71. The van der Waals surface area contributed by atoms with Gasteiger partial charge in [0.15, 0.2) is 6.29 Å². The quantitative estimate of drug-likeness (QED) is 0.0675. The summed E-state index contributed by atoms with van der Waals surface area (Å²) in [6.45, 7) is 16.3. The molecular formula is C42H45N3O7. The van der Waals surface area contributed by atoms with E-state index in [0.29, 0.717) is 24.7 Å². The van der Waals surface area contributed by atoms with Gasteiger partial charge in [-0.2, -0.15) is 0 Å². The van der Waals surface area contributed by atoms with E-state index in [1.165, 1.54) is 13.8 Å². The normalized spacial score (nSPS) is 20.9. The van der Waals surface area contributed by atoms with E-state index in [1.807, 2.05) is 83.2 Å². The molecule has 1 spiro atoms. The fourth-order valence-corrected chi connectivity index (χ4v) is 6.77. The molecule has 2 amide bonds.